The molecule has 0 radical (unpaired) electrons. The van der Waals surface area contributed by atoms with Crippen molar-refractivity contribution in [3.05, 3.63) is 62.5 Å². The number of aromatic nitrogens is 3. The van der Waals surface area contributed by atoms with Crippen LogP contribution in [-0.4, -0.2) is 26.1 Å². The molecule has 0 aliphatic rings. The van der Waals surface area contributed by atoms with Gasteiger partial charge >= 0.3 is 0 Å². The van der Waals surface area contributed by atoms with E-state index in [1.54, 1.807) is 31.2 Å². The Labute approximate surface area is 170 Å². The third-order valence-electron chi connectivity index (χ3n) is 4.07. The van der Waals surface area contributed by atoms with Crippen LogP contribution in [-0.2, 0) is 11.2 Å². The lowest BCUT2D eigenvalue weighted by molar-refractivity contribution is -0.385. The Bertz CT molecular complexity index is 1090. The monoisotopic (exact) mass is 413 g/mol. The summed E-state index contributed by atoms with van der Waals surface area (Å²) in [6, 6.07) is 7.89. The first-order valence-corrected chi connectivity index (χ1v) is 9.57. The Morgan fingerprint density at radius 3 is 2.83 bits per heavy atom. The number of nitro benzene ring substituents is 1. The number of hydrogen-bond acceptors (Lipinski definition) is 8. The Kier molecular flexibility index (Phi) is 6.13. The van der Waals surface area contributed by atoms with Gasteiger partial charge in [-0.05, 0) is 43.3 Å². The summed E-state index contributed by atoms with van der Waals surface area (Å²) in [5.41, 5.74) is 0.996. The van der Waals surface area contributed by atoms with Crippen LogP contribution in [0.3, 0.4) is 0 Å². The smallest absolute Gasteiger partial charge is 0.273 e. The van der Waals surface area contributed by atoms with Crippen LogP contribution in [0.4, 0.5) is 5.69 Å². The minimum Gasteiger partial charge on any atom is -0.544 e. The largest absolute Gasteiger partial charge is 0.544 e. The van der Waals surface area contributed by atoms with Crippen molar-refractivity contribution in [2.24, 2.45) is 0 Å². The predicted molar refractivity (Wildman–Crippen MR) is 105 cm³/mol. The van der Waals surface area contributed by atoms with Crippen molar-refractivity contribution in [3.8, 4) is 11.3 Å². The molecule has 0 saturated heterocycles. The van der Waals surface area contributed by atoms with Crippen LogP contribution in [0.2, 0.25) is 0 Å². The number of carbonyl (C=O) groups is 1. The van der Waals surface area contributed by atoms with Gasteiger partial charge in [0, 0.05) is 28.5 Å². The number of hydrogen-bond donors (Lipinski definition) is 1. The summed E-state index contributed by atoms with van der Waals surface area (Å²) in [5, 5.41) is 29.7. The number of nitrogens with one attached hydrogen (secondary N) is 1. The number of nitro groups is 1. The number of nitrogens with zero attached hydrogens (tertiary/aromatic N) is 3. The first kappa shape index (κ1) is 20.3. The van der Waals surface area contributed by atoms with Gasteiger partial charge in [-0.2, -0.15) is 0 Å². The summed E-state index contributed by atoms with van der Waals surface area (Å²) in [5.74, 6) is -0.0550. The average molecular weight is 413 g/mol. The van der Waals surface area contributed by atoms with Gasteiger partial charge in [0.15, 0.2) is 0 Å². The lowest BCUT2D eigenvalue weighted by Crippen LogP contribution is -2.23. The number of aryl methyl sites for hydroxylation is 1. The van der Waals surface area contributed by atoms with E-state index in [0.29, 0.717) is 29.1 Å². The van der Waals surface area contributed by atoms with Gasteiger partial charge < -0.3 is 14.3 Å². The number of H-pyrrole nitrogens is 1. The van der Waals surface area contributed by atoms with Crippen LogP contribution in [0.15, 0.2) is 44.8 Å². The highest BCUT2D eigenvalue weighted by Crippen LogP contribution is 2.32. The number of aliphatic carboxylic acids is 1. The quantitative estimate of drug-likeness (QED) is 0.257. The van der Waals surface area contributed by atoms with Crippen LogP contribution >= 0.6 is 11.8 Å². The maximum absolute atomic E-state index is 11.5. The fourth-order valence-corrected chi connectivity index (χ4v) is 3.40. The first-order chi connectivity index (χ1) is 13.9. The Balaban J connectivity index is 1.87. The van der Waals surface area contributed by atoms with E-state index < -0.39 is 10.9 Å². The molecule has 0 unspecified atom stereocenters. The Hall–Kier alpha value is -3.40. The van der Waals surface area contributed by atoms with E-state index in [0.717, 1.165) is 18.2 Å². The number of carboxylic acids is 1. The van der Waals surface area contributed by atoms with E-state index in [1.165, 1.54) is 12.1 Å². The maximum atomic E-state index is 11.5. The van der Waals surface area contributed by atoms with E-state index in [-0.39, 0.29) is 21.5 Å². The molecule has 0 saturated carbocycles. The molecule has 150 valence electrons. The second-order valence-corrected chi connectivity index (χ2v) is 7.13. The molecule has 0 amide bonds. The van der Waals surface area contributed by atoms with Crippen molar-refractivity contribution in [2.45, 2.75) is 31.8 Å². The number of benzene rings is 1. The van der Waals surface area contributed by atoms with Crippen LogP contribution in [0.1, 0.15) is 30.5 Å². The predicted octanol–water partition coefficient (Wildman–Crippen LogP) is 3.12. The number of carbonyl (C=O) groups excluding carboxylic acids is 1. The van der Waals surface area contributed by atoms with Gasteiger partial charge in [0.05, 0.1) is 10.9 Å². The molecule has 3 rings (SSSR count). The van der Waals surface area contributed by atoms with E-state index in [2.05, 4.69) is 15.2 Å². The summed E-state index contributed by atoms with van der Waals surface area (Å²) in [6.07, 6.45) is 2.91. The molecular weight excluding hydrogens is 396 g/mol. The molecule has 3 aromatic rings. The van der Waals surface area contributed by atoms with Gasteiger partial charge in [-0.15, -0.1) is 5.10 Å². The SMILES string of the molecule is CCCc1nc(S/C(=C/c2ccc(-c3cccc([N+](=O)[O-])c3C)o2)C(=O)[O-])n[nH]1. The number of furan rings is 1. The zero-order valence-corrected chi connectivity index (χ0v) is 16.5. The van der Waals surface area contributed by atoms with Crippen molar-refractivity contribution in [3.63, 3.8) is 0 Å². The molecule has 0 aliphatic heterocycles. The van der Waals surface area contributed by atoms with Crippen molar-refractivity contribution < 1.29 is 19.2 Å². The Morgan fingerprint density at radius 2 is 2.14 bits per heavy atom. The second-order valence-electron chi connectivity index (χ2n) is 6.12. The van der Waals surface area contributed by atoms with Gasteiger partial charge in [-0.3, -0.25) is 15.2 Å². The van der Waals surface area contributed by atoms with Crippen LogP contribution in [0, 0.1) is 17.0 Å². The van der Waals surface area contributed by atoms with E-state index >= 15 is 0 Å². The number of rotatable bonds is 8. The maximum Gasteiger partial charge on any atom is 0.273 e. The summed E-state index contributed by atoms with van der Waals surface area (Å²) < 4.78 is 5.70. The number of carboxylic acid groups (broad SMARTS) is 1. The molecule has 1 N–H and O–H groups in total. The van der Waals surface area contributed by atoms with Crippen LogP contribution < -0.4 is 5.11 Å². The van der Waals surface area contributed by atoms with Crippen molar-refractivity contribution in [1.82, 2.24) is 15.2 Å². The van der Waals surface area contributed by atoms with Gasteiger partial charge in [0.1, 0.15) is 17.3 Å². The standard InChI is InChI=1S/C19H18N4O5S/c1-3-5-17-20-19(22-21-17)29-16(18(24)25)10-12-8-9-15(28-12)13-6-4-7-14(11(13)2)23(26)27/h4,6-10H,3,5H2,1-2H3,(H,24,25)(H,20,21,22)/p-1/b16-10+. The van der Waals surface area contributed by atoms with Crippen LogP contribution in [0.25, 0.3) is 17.4 Å². The number of thioether (sulfide) groups is 1. The van der Waals surface area contributed by atoms with Crippen molar-refractivity contribution in [2.75, 3.05) is 0 Å². The highest BCUT2D eigenvalue weighted by Gasteiger charge is 2.17. The molecule has 2 aromatic heterocycles. The molecule has 0 spiro atoms. The van der Waals surface area contributed by atoms with E-state index in [4.69, 9.17) is 4.42 Å². The molecule has 29 heavy (non-hydrogen) atoms. The molecule has 10 heteroatoms. The minimum absolute atomic E-state index is 0.0190. The third-order valence-corrected chi connectivity index (χ3v) is 4.94. The minimum atomic E-state index is -1.39. The van der Waals surface area contributed by atoms with E-state index in [1.807, 2.05) is 6.92 Å². The fourth-order valence-electron chi connectivity index (χ4n) is 2.69. The summed E-state index contributed by atoms with van der Waals surface area (Å²) in [4.78, 5) is 26.3. The van der Waals surface area contributed by atoms with E-state index in [9.17, 15) is 20.0 Å². The van der Waals surface area contributed by atoms with Gasteiger partial charge in [0.2, 0.25) is 5.16 Å². The topological polar surface area (TPSA) is 138 Å². The summed E-state index contributed by atoms with van der Waals surface area (Å²) in [7, 11) is 0. The van der Waals surface area contributed by atoms with Crippen molar-refractivity contribution >= 4 is 29.5 Å². The van der Waals surface area contributed by atoms with Gasteiger partial charge in [-0.25, -0.2) is 4.98 Å². The average Bonchev–Trinajstić information content (AvgIpc) is 3.31. The molecule has 1 aromatic carbocycles. The second kappa shape index (κ2) is 8.74. The lowest BCUT2D eigenvalue weighted by Gasteiger charge is -2.05. The lowest BCUT2D eigenvalue weighted by atomic mass is 10.1. The molecule has 0 bridgehead atoms. The molecule has 0 fully saturated rings. The van der Waals surface area contributed by atoms with Gasteiger partial charge in [0.25, 0.3) is 5.69 Å². The molecular formula is C19H17N4O5S-. The highest BCUT2D eigenvalue weighted by molar-refractivity contribution is 8.04. The highest BCUT2D eigenvalue weighted by atomic mass is 32.2. The molecule has 0 atom stereocenters. The zero-order chi connectivity index (χ0) is 21.0. The first-order valence-electron chi connectivity index (χ1n) is 8.75. The third kappa shape index (κ3) is 4.72. The number of aromatic amines is 1. The normalized spacial score (nSPS) is 11.6. The van der Waals surface area contributed by atoms with Crippen LogP contribution in [0.5, 0.6) is 0 Å². The summed E-state index contributed by atoms with van der Waals surface area (Å²) >= 11 is 0.849. The Morgan fingerprint density at radius 1 is 1.34 bits per heavy atom. The van der Waals surface area contributed by atoms with Gasteiger partial charge in [-0.1, -0.05) is 19.1 Å². The van der Waals surface area contributed by atoms with Crippen molar-refractivity contribution in [1.29, 1.82) is 0 Å². The molecule has 0 aliphatic carbocycles. The fraction of sp³-hybridized carbons (Fsp3) is 0.211. The zero-order valence-electron chi connectivity index (χ0n) is 15.7. The molecule has 2 heterocycles. The summed E-state index contributed by atoms with van der Waals surface area (Å²) in [6.45, 7) is 3.63. The molecule has 9 nitrogen and oxygen atoms in total.